The van der Waals surface area contributed by atoms with Gasteiger partial charge in [0.05, 0.1) is 12.0 Å². The molecule has 174 valence electrons. The van der Waals surface area contributed by atoms with E-state index < -0.39 is 0 Å². The molecular weight excluding hydrogens is 456 g/mol. The molecule has 4 amide bonds. The normalized spacial score (nSPS) is 16.4. The van der Waals surface area contributed by atoms with Crippen molar-refractivity contribution < 1.29 is 23.6 Å². The molecule has 34 heavy (non-hydrogen) atoms. The van der Waals surface area contributed by atoms with Crippen LogP contribution >= 0.6 is 11.3 Å². The molecule has 2 fully saturated rings. The second kappa shape index (κ2) is 9.22. The predicted octanol–water partition coefficient (Wildman–Crippen LogP) is 2.50. The van der Waals surface area contributed by atoms with Crippen LogP contribution in [0.2, 0.25) is 0 Å². The van der Waals surface area contributed by atoms with Gasteiger partial charge in [0.1, 0.15) is 11.4 Å². The number of amides is 4. The number of carbonyl (C=O) groups excluding carboxylic acids is 4. The minimum absolute atomic E-state index is 0.147. The molecule has 0 aliphatic carbocycles. The Balaban J connectivity index is 1.30. The Morgan fingerprint density at radius 1 is 0.912 bits per heavy atom. The molecule has 0 N–H and O–H groups in total. The Kier molecular flexibility index (Phi) is 5.97. The second-order valence-corrected chi connectivity index (χ2v) is 9.09. The Morgan fingerprint density at radius 3 is 2.24 bits per heavy atom. The number of thiazole rings is 1. The summed E-state index contributed by atoms with van der Waals surface area (Å²) in [6, 6.07) is 13.1. The van der Waals surface area contributed by atoms with Crippen molar-refractivity contribution in [3.05, 3.63) is 53.6 Å². The van der Waals surface area contributed by atoms with Crippen molar-refractivity contribution in [3.63, 3.8) is 0 Å². The van der Waals surface area contributed by atoms with E-state index in [0.717, 1.165) is 10.5 Å². The standard InChI is InChI=1S/C24H22N4O5S/c29-18-8-9-19(30)28(18)15-20(31)26-10-12-27(13-11-26)24(32)22-21(16-5-2-1-3-6-16)25-23(34-22)17-7-4-14-33-17/h1-7,14H,8-13,15H2. The minimum Gasteiger partial charge on any atom is -0.462 e. The maximum absolute atomic E-state index is 13.5. The van der Waals surface area contributed by atoms with Crippen LogP contribution in [0.3, 0.4) is 0 Å². The molecule has 0 spiro atoms. The first kappa shape index (κ1) is 22.0. The Hall–Kier alpha value is -3.79. The van der Waals surface area contributed by atoms with Crippen LogP contribution in [0.1, 0.15) is 22.5 Å². The summed E-state index contributed by atoms with van der Waals surface area (Å²) in [5.41, 5.74) is 1.44. The summed E-state index contributed by atoms with van der Waals surface area (Å²) in [5, 5.41) is 0.626. The summed E-state index contributed by atoms with van der Waals surface area (Å²) < 4.78 is 5.49. The molecule has 4 heterocycles. The molecule has 2 aliphatic rings. The number of aromatic nitrogens is 1. The van der Waals surface area contributed by atoms with Crippen LogP contribution in [0.5, 0.6) is 0 Å². The lowest BCUT2D eigenvalue weighted by molar-refractivity contribution is -0.146. The molecule has 2 saturated heterocycles. The van der Waals surface area contributed by atoms with E-state index in [-0.39, 0.29) is 43.0 Å². The van der Waals surface area contributed by atoms with E-state index in [4.69, 9.17) is 9.40 Å². The van der Waals surface area contributed by atoms with Crippen molar-refractivity contribution in [2.24, 2.45) is 0 Å². The number of hydrogen-bond donors (Lipinski definition) is 0. The van der Waals surface area contributed by atoms with Crippen LogP contribution in [-0.2, 0) is 14.4 Å². The first-order valence-electron chi connectivity index (χ1n) is 11.0. The van der Waals surface area contributed by atoms with Gasteiger partial charge in [-0.15, -0.1) is 11.3 Å². The average molecular weight is 479 g/mol. The second-order valence-electron chi connectivity index (χ2n) is 8.09. The van der Waals surface area contributed by atoms with Gasteiger partial charge < -0.3 is 14.2 Å². The van der Waals surface area contributed by atoms with E-state index in [0.29, 0.717) is 47.5 Å². The van der Waals surface area contributed by atoms with Crippen molar-refractivity contribution >= 4 is 35.0 Å². The Bertz CT molecular complexity index is 1210. The van der Waals surface area contributed by atoms with Crippen molar-refractivity contribution in [2.45, 2.75) is 12.8 Å². The van der Waals surface area contributed by atoms with Gasteiger partial charge in [0.15, 0.2) is 10.8 Å². The van der Waals surface area contributed by atoms with E-state index in [1.165, 1.54) is 11.3 Å². The highest BCUT2D eigenvalue weighted by Crippen LogP contribution is 2.35. The monoisotopic (exact) mass is 478 g/mol. The molecule has 3 aromatic rings. The summed E-state index contributed by atoms with van der Waals surface area (Å²) in [6.07, 6.45) is 1.89. The number of piperazine rings is 1. The number of imide groups is 1. The van der Waals surface area contributed by atoms with Crippen LogP contribution in [-0.4, -0.2) is 76.0 Å². The fraction of sp³-hybridized carbons (Fsp3) is 0.292. The molecule has 0 atom stereocenters. The summed E-state index contributed by atoms with van der Waals surface area (Å²) in [4.78, 5) is 59.3. The first-order valence-corrected chi connectivity index (χ1v) is 11.8. The van der Waals surface area contributed by atoms with E-state index in [1.807, 2.05) is 36.4 Å². The largest absolute Gasteiger partial charge is 0.462 e. The van der Waals surface area contributed by atoms with Gasteiger partial charge >= 0.3 is 0 Å². The number of carbonyl (C=O) groups is 4. The molecule has 2 aromatic heterocycles. The van der Waals surface area contributed by atoms with Crippen LogP contribution in [0.15, 0.2) is 53.1 Å². The van der Waals surface area contributed by atoms with Gasteiger partial charge in [-0.25, -0.2) is 4.98 Å². The van der Waals surface area contributed by atoms with Crippen molar-refractivity contribution in [1.29, 1.82) is 0 Å². The van der Waals surface area contributed by atoms with Crippen molar-refractivity contribution in [1.82, 2.24) is 19.7 Å². The molecule has 0 unspecified atom stereocenters. The van der Waals surface area contributed by atoms with Crippen LogP contribution in [0.4, 0.5) is 0 Å². The van der Waals surface area contributed by atoms with Gasteiger partial charge in [0.25, 0.3) is 5.91 Å². The van der Waals surface area contributed by atoms with Crippen molar-refractivity contribution in [2.75, 3.05) is 32.7 Å². The number of rotatable bonds is 5. The lowest BCUT2D eigenvalue weighted by atomic mass is 10.1. The van der Waals surface area contributed by atoms with E-state index in [1.54, 1.807) is 22.1 Å². The fourth-order valence-electron chi connectivity index (χ4n) is 4.10. The third-order valence-corrected chi connectivity index (χ3v) is 7.03. The zero-order valence-corrected chi connectivity index (χ0v) is 19.1. The highest BCUT2D eigenvalue weighted by molar-refractivity contribution is 7.17. The lowest BCUT2D eigenvalue weighted by Gasteiger charge is -2.35. The molecule has 2 aliphatic heterocycles. The molecule has 1 aromatic carbocycles. The molecular formula is C24H22N4O5S. The van der Waals surface area contributed by atoms with Gasteiger partial charge in [-0.2, -0.15) is 0 Å². The zero-order valence-electron chi connectivity index (χ0n) is 18.3. The van der Waals surface area contributed by atoms with Gasteiger partial charge in [-0.1, -0.05) is 30.3 Å². The van der Waals surface area contributed by atoms with E-state index >= 15 is 0 Å². The topological polar surface area (TPSA) is 104 Å². The van der Waals surface area contributed by atoms with Crippen LogP contribution in [0, 0.1) is 0 Å². The van der Waals surface area contributed by atoms with Gasteiger partial charge in [0, 0.05) is 44.6 Å². The maximum atomic E-state index is 13.5. The number of hydrogen-bond acceptors (Lipinski definition) is 7. The summed E-state index contributed by atoms with van der Waals surface area (Å²) in [5.74, 6) is -0.441. The molecule has 5 rings (SSSR count). The van der Waals surface area contributed by atoms with Crippen LogP contribution in [0.25, 0.3) is 22.0 Å². The van der Waals surface area contributed by atoms with E-state index in [2.05, 4.69) is 0 Å². The fourth-order valence-corrected chi connectivity index (χ4v) is 5.12. The third-order valence-electron chi connectivity index (χ3n) is 5.97. The number of benzene rings is 1. The molecule has 0 radical (unpaired) electrons. The molecule has 9 nitrogen and oxygen atoms in total. The van der Waals surface area contributed by atoms with E-state index in [9.17, 15) is 19.2 Å². The van der Waals surface area contributed by atoms with Gasteiger partial charge in [-0.05, 0) is 12.1 Å². The van der Waals surface area contributed by atoms with Crippen molar-refractivity contribution in [3.8, 4) is 22.0 Å². The highest BCUT2D eigenvalue weighted by Gasteiger charge is 2.34. The third kappa shape index (κ3) is 4.24. The average Bonchev–Trinajstić information content (AvgIpc) is 3.61. The Labute approximate surface area is 199 Å². The lowest BCUT2D eigenvalue weighted by Crippen LogP contribution is -2.53. The van der Waals surface area contributed by atoms with Gasteiger partial charge in [-0.3, -0.25) is 24.1 Å². The predicted molar refractivity (Wildman–Crippen MR) is 124 cm³/mol. The quantitative estimate of drug-likeness (QED) is 0.522. The maximum Gasteiger partial charge on any atom is 0.266 e. The smallest absolute Gasteiger partial charge is 0.266 e. The molecule has 0 bridgehead atoms. The number of nitrogens with zero attached hydrogens (tertiary/aromatic N) is 4. The summed E-state index contributed by atoms with van der Waals surface area (Å²) in [7, 11) is 0. The van der Waals surface area contributed by atoms with Crippen LogP contribution < -0.4 is 0 Å². The Morgan fingerprint density at radius 2 is 1.59 bits per heavy atom. The molecule has 10 heteroatoms. The molecule has 0 saturated carbocycles. The zero-order chi connectivity index (χ0) is 23.7. The highest BCUT2D eigenvalue weighted by atomic mass is 32.1. The summed E-state index contributed by atoms with van der Waals surface area (Å²) in [6.45, 7) is 1.16. The SMILES string of the molecule is O=C(CN1C(=O)CCC1=O)N1CCN(C(=O)c2sc(-c3ccco3)nc2-c2ccccc2)CC1. The minimum atomic E-state index is -0.307. The number of furan rings is 1. The summed E-state index contributed by atoms with van der Waals surface area (Å²) >= 11 is 1.28. The number of likely N-dealkylation sites (tertiary alicyclic amines) is 1. The van der Waals surface area contributed by atoms with Gasteiger partial charge in [0.2, 0.25) is 17.7 Å². The first-order chi connectivity index (χ1) is 16.5.